The maximum Gasteiger partial charge on any atom is 0.445 e. The number of hydrogen-bond donors (Lipinski definition) is 0. The number of alkyl halides is 3. The van der Waals surface area contributed by atoms with Gasteiger partial charge in [0.1, 0.15) is 5.75 Å². The third-order valence-corrected chi connectivity index (χ3v) is 3.17. The predicted molar refractivity (Wildman–Crippen MR) is 64.1 cm³/mol. The first-order valence-electron chi connectivity index (χ1n) is 4.29. The van der Waals surface area contributed by atoms with Crippen molar-refractivity contribution >= 4 is 33.9 Å². The maximum absolute atomic E-state index is 12.3. The Labute approximate surface area is 112 Å². The summed E-state index contributed by atoms with van der Waals surface area (Å²) >= 11 is 2.44. The van der Waals surface area contributed by atoms with Gasteiger partial charge >= 0.3 is 6.18 Å². The molecule has 0 saturated heterocycles. The number of aromatic nitrogens is 2. The second-order valence-corrected chi connectivity index (χ2v) is 5.12. The molecule has 90 valence electrons. The molecule has 17 heavy (non-hydrogen) atoms. The Hall–Kier alpha value is -0.900. The summed E-state index contributed by atoms with van der Waals surface area (Å²) in [5, 5.41) is 5.21. The molecule has 0 saturated carbocycles. The molecule has 0 unspecified atom stereocenters. The van der Waals surface area contributed by atoms with Crippen molar-refractivity contribution in [2.24, 2.45) is 0 Å². The van der Waals surface area contributed by atoms with Crippen LogP contribution in [0.5, 0.6) is 10.9 Å². The van der Waals surface area contributed by atoms with Crippen molar-refractivity contribution in [2.45, 2.75) is 6.18 Å². The molecule has 0 atom stereocenters. The van der Waals surface area contributed by atoms with Crippen LogP contribution in [-0.4, -0.2) is 10.2 Å². The van der Waals surface area contributed by atoms with Crippen molar-refractivity contribution in [1.82, 2.24) is 10.2 Å². The van der Waals surface area contributed by atoms with Crippen LogP contribution in [-0.2, 0) is 6.18 Å². The van der Waals surface area contributed by atoms with Crippen LogP contribution < -0.4 is 4.74 Å². The first kappa shape index (κ1) is 12.6. The van der Waals surface area contributed by atoms with Gasteiger partial charge < -0.3 is 4.74 Å². The van der Waals surface area contributed by atoms with Crippen LogP contribution in [0.2, 0.25) is 0 Å². The summed E-state index contributed by atoms with van der Waals surface area (Å²) in [6.45, 7) is 0. The number of nitrogens with zero attached hydrogens (tertiary/aromatic N) is 2. The molecule has 8 heteroatoms. The van der Waals surface area contributed by atoms with Crippen LogP contribution in [0.1, 0.15) is 5.01 Å². The summed E-state index contributed by atoms with van der Waals surface area (Å²) in [6.07, 6.45) is -4.48. The molecule has 0 radical (unpaired) electrons. The Morgan fingerprint density at radius 1 is 1.24 bits per heavy atom. The van der Waals surface area contributed by atoms with Gasteiger partial charge in [-0.15, -0.1) is 5.10 Å². The van der Waals surface area contributed by atoms with E-state index in [1.54, 1.807) is 18.2 Å². The van der Waals surface area contributed by atoms with Gasteiger partial charge in [-0.3, -0.25) is 0 Å². The van der Waals surface area contributed by atoms with E-state index >= 15 is 0 Å². The lowest BCUT2D eigenvalue weighted by molar-refractivity contribution is -0.138. The molecule has 0 amide bonds. The summed E-state index contributed by atoms with van der Waals surface area (Å²) in [6, 6.07) is 6.91. The Morgan fingerprint density at radius 3 is 2.59 bits per heavy atom. The van der Waals surface area contributed by atoms with Gasteiger partial charge in [0.25, 0.3) is 5.19 Å². The summed E-state index contributed by atoms with van der Waals surface area (Å²) in [5.74, 6) is 0.432. The average molecular weight is 372 g/mol. The summed E-state index contributed by atoms with van der Waals surface area (Å²) < 4.78 is 42.9. The Morgan fingerprint density at radius 2 is 2.00 bits per heavy atom. The third kappa shape index (κ3) is 3.28. The highest BCUT2D eigenvalue weighted by Crippen LogP contribution is 2.35. The minimum atomic E-state index is -4.48. The Balaban J connectivity index is 2.17. The highest BCUT2D eigenvalue weighted by atomic mass is 127. The largest absolute Gasteiger partial charge is 0.445 e. The van der Waals surface area contributed by atoms with Gasteiger partial charge in [0, 0.05) is 3.57 Å². The van der Waals surface area contributed by atoms with E-state index in [1.807, 2.05) is 6.07 Å². The van der Waals surface area contributed by atoms with E-state index in [9.17, 15) is 13.2 Å². The van der Waals surface area contributed by atoms with Crippen molar-refractivity contribution in [2.75, 3.05) is 0 Å². The fourth-order valence-corrected chi connectivity index (χ4v) is 2.09. The second-order valence-electron chi connectivity index (χ2n) is 2.93. The van der Waals surface area contributed by atoms with Crippen LogP contribution in [0, 0.1) is 3.57 Å². The fourth-order valence-electron chi connectivity index (χ4n) is 0.997. The van der Waals surface area contributed by atoms with Crippen molar-refractivity contribution in [3.8, 4) is 10.9 Å². The predicted octanol–water partition coefficient (Wildman–Crippen LogP) is 3.95. The maximum atomic E-state index is 12.3. The molecule has 0 spiro atoms. The molecule has 0 aliphatic carbocycles. The molecule has 0 fully saturated rings. The van der Waals surface area contributed by atoms with Gasteiger partial charge in [0.05, 0.1) is 0 Å². The fraction of sp³-hybridized carbons (Fsp3) is 0.111. The minimum Gasteiger partial charge on any atom is -0.430 e. The van der Waals surface area contributed by atoms with Crippen molar-refractivity contribution in [3.63, 3.8) is 0 Å². The number of benzene rings is 1. The van der Waals surface area contributed by atoms with Crippen LogP contribution in [0.3, 0.4) is 0 Å². The zero-order chi connectivity index (χ0) is 12.5. The van der Waals surface area contributed by atoms with Crippen LogP contribution in [0.4, 0.5) is 13.2 Å². The summed E-state index contributed by atoms with van der Waals surface area (Å²) in [5.41, 5.74) is 0. The molecule has 2 aromatic rings. The van der Waals surface area contributed by atoms with Crippen LogP contribution in [0.15, 0.2) is 24.3 Å². The van der Waals surface area contributed by atoms with E-state index in [0.717, 1.165) is 3.57 Å². The number of ether oxygens (including phenoxy) is 1. The normalized spacial score (nSPS) is 11.5. The SMILES string of the molecule is FC(F)(F)c1nnc(Oc2cccc(I)c2)s1. The first-order chi connectivity index (χ1) is 7.95. The van der Waals surface area contributed by atoms with E-state index in [4.69, 9.17) is 4.74 Å². The highest BCUT2D eigenvalue weighted by molar-refractivity contribution is 14.1. The van der Waals surface area contributed by atoms with Gasteiger partial charge in [-0.05, 0) is 40.8 Å². The molecular weight excluding hydrogens is 368 g/mol. The summed E-state index contributed by atoms with van der Waals surface area (Å²) in [7, 11) is 0. The molecule has 0 aliphatic rings. The van der Waals surface area contributed by atoms with Crippen LogP contribution in [0.25, 0.3) is 0 Å². The van der Waals surface area contributed by atoms with Gasteiger partial charge in [-0.1, -0.05) is 22.5 Å². The highest BCUT2D eigenvalue weighted by Gasteiger charge is 2.36. The second kappa shape index (κ2) is 4.77. The molecule has 0 aliphatic heterocycles. The van der Waals surface area contributed by atoms with Crippen molar-refractivity contribution < 1.29 is 17.9 Å². The number of halogens is 4. The lowest BCUT2D eigenvalue weighted by Gasteiger charge is -2.00. The first-order valence-corrected chi connectivity index (χ1v) is 6.19. The van der Waals surface area contributed by atoms with Crippen molar-refractivity contribution in [1.29, 1.82) is 0 Å². The summed E-state index contributed by atoms with van der Waals surface area (Å²) in [4.78, 5) is 0. The minimum absolute atomic E-state index is 0.126. The molecule has 0 bridgehead atoms. The van der Waals surface area contributed by atoms with E-state index in [2.05, 4.69) is 32.8 Å². The molecule has 0 N–H and O–H groups in total. The lowest BCUT2D eigenvalue weighted by atomic mass is 10.3. The number of rotatable bonds is 2. The van der Waals surface area contributed by atoms with Gasteiger partial charge in [0.2, 0.25) is 5.01 Å². The standard InChI is InChI=1S/C9H4F3IN2OS/c10-9(11,12)7-14-15-8(17-7)16-6-3-1-2-5(13)4-6/h1-4H. The zero-order valence-corrected chi connectivity index (χ0v) is 11.0. The molecule has 2 rings (SSSR count). The van der Waals surface area contributed by atoms with E-state index in [-0.39, 0.29) is 5.19 Å². The lowest BCUT2D eigenvalue weighted by Crippen LogP contribution is -2.03. The zero-order valence-electron chi connectivity index (χ0n) is 8.03. The molecule has 1 aromatic heterocycles. The topological polar surface area (TPSA) is 35.0 Å². The molecule has 1 heterocycles. The van der Waals surface area contributed by atoms with Gasteiger partial charge in [-0.2, -0.15) is 13.2 Å². The Bertz CT molecular complexity index is 529. The quantitative estimate of drug-likeness (QED) is 0.749. The third-order valence-electron chi connectivity index (χ3n) is 1.65. The van der Waals surface area contributed by atoms with E-state index in [1.165, 1.54) is 0 Å². The number of hydrogen-bond acceptors (Lipinski definition) is 4. The molecule has 1 aromatic carbocycles. The Kier molecular flexibility index (Phi) is 3.52. The van der Waals surface area contributed by atoms with Gasteiger partial charge in [0.15, 0.2) is 0 Å². The van der Waals surface area contributed by atoms with Gasteiger partial charge in [-0.25, -0.2) is 0 Å². The van der Waals surface area contributed by atoms with E-state index in [0.29, 0.717) is 17.1 Å². The van der Waals surface area contributed by atoms with Crippen molar-refractivity contribution in [3.05, 3.63) is 32.8 Å². The smallest absolute Gasteiger partial charge is 0.430 e. The molecule has 3 nitrogen and oxygen atoms in total. The average Bonchev–Trinajstić information content (AvgIpc) is 2.65. The van der Waals surface area contributed by atoms with E-state index < -0.39 is 11.2 Å². The molecular formula is C9H4F3IN2OS. The monoisotopic (exact) mass is 372 g/mol. The van der Waals surface area contributed by atoms with Crippen LogP contribution >= 0.6 is 33.9 Å².